The van der Waals surface area contributed by atoms with Gasteiger partial charge in [0, 0.05) is 23.7 Å². The SMILES string of the molecule is CCN(C(=O)c1cc(-c2ccco2)n(-c2cccc(Cl)c2)n1)C1CCS(=O)(=O)C1. The third kappa shape index (κ3) is 3.95. The van der Waals surface area contributed by atoms with Gasteiger partial charge < -0.3 is 9.32 Å². The molecule has 0 radical (unpaired) electrons. The maximum atomic E-state index is 13.2. The van der Waals surface area contributed by atoms with Crippen molar-refractivity contribution in [1.82, 2.24) is 14.7 Å². The molecule has 152 valence electrons. The molecule has 0 bridgehead atoms. The highest BCUT2D eigenvalue weighted by atomic mass is 35.5. The second-order valence-electron chi connectivity index (χ2n) is 6.93. The Morgan fingerprint density at radius 1 is 1.31 bits per heavy atom. The number of sulfone groups is 1. The molecule has 29 heavy (non-hydrogen) atoms. The van der Waals surface area contributed by atoms with Gasteiger partial charge in [0.25, 0.3) is 5.91 Å². The van der Waals surface area contributed by atoms with Crippen molar-refractivity contribution in [2.24, 2.45) is 0 Å². The predicted molar refractivity (Wildman–Crippen MR) is 110 cm³/mol. The number of amides is 1. The first-order valence-electron chi connectivity index (χ1n) is 9.29. The van der Waals surface area contributed by atoms with E-state index in [1.54, 1.807) is 52.2 Å². The number of carbonyl (C=O) groups is 1. The van der Waals surface area contributed by atoms with Crippen LogP contribution in [0.4, 0.5) is 0 Å². The summed E-state index contributed by atoms with van der Waals surface area (Å²) in [6.07, 6.45) is 2.00. The normalized spacial score (nSPS) is 18.1. The number of nitrogens with zero attached hydrogens (tertiary/aromatic N) is 3. The van der Waals surface area contributed by atoms with E-state index in [-0.39, 0.29) is 29.1 Å². The van der Waals surface area contributed by atoms with Crippen molar-refractivity contribution in [2.75, 3.05) is 18.1 Å². The van der Waals surface area contributed by atoms with Crippen LogP contribution in [0.1, 0.15) is 23.8 Å². The quantitative estimate of drug-likeness (QED) is 0.615. The minimum Gasteiger partial charge on any atom is -0.463 e. The number of benzene rings is 1. The Labute approximate surface area is 173 Å². The number of furan rings is 1. The number of carbonyl (C=O) groups excluding carboxylic acids is 1. The van der Waals surface area contributed by atoms with Crippen LogP contribution in [-0.2, 0) is 9.84 Å². The van der Waals surface area contributed by atoms with Crippen LogP contribution in [-0.4, -0.2) is 53.1 Å². The van der Waals surface area contributed by atoms with E-state index in [0.29, 0.717) is 35.1 Å². The van der Waals surface area contributed by atoms with Gasteiger partial charge in [-0.05, 0) is 43.7 Å². The molecule has 3 aromatic rings. The van der Waals surface area contributed by atoms with E-state index in [4.69, 9.17) is 16.0 Å². The summed E-state index contributed by atoms with van der Waals surface area (Å²) in [7, 11) is -3.10. The Balaban J connectivity index is 1.74. The van der Waals surface area contributed by atoms with E-state index in [9.17, 15) is 13.2 Å². The number of hydrogen-bond acceptors (Lipinski definition) is 5. The van der Waals surface area contributed by atoms with Crippen LogP contribution in [0.5, 0.6) is 0 Å². The van der Waals surface area contributed by atoms with Gasteiger partial charge in [0.1, 0.15) is 5.69 Å². The highest BCUT2D eigenvalue weighted by Crippen LogP contribution is 2.27. The lowest BCUT2D eigenvalue weighted by molar-refractivity contribution is 0.0702. The molecule has 1 aliphatic rings. The average Bonchev–Trinajstić information content (AvgIpc) is 3.41. The predicted octanol–water partition coefficient (Wildman–Crippen LogP) is 3.43. The van der Waals surface area contributed by atoms with Crippen LogP contribution in [0.2, 0.25) is 5.02 Å². The van der Waals surface area contributed by atoms with Crippen molar-refractivity contribution in [1.29, 1.82) is 0 Å². The van der Waals surface area contributed by atoms with Crippen LogP contribution in [0, 0.1) is 0 Å². The van der Waals surface area contributed by atoms with Crippen molar-refractivity contribution < 1.29 is 17.6 Å². The lowest BCUT2D eigenvalue weighted by atomic mass is 10.2. The number of rotatable bonds is 5. The summed E-state index contributed by atoms with van der Waals surface area (Å²) in [6, 6.07) is 12.0. The standard InChI is InChI=1S/C20H20ClN3O4S/c1-2-23(16-8-10-29(26,27)13-16)20(25)17-12-18(19-7-4-9-28-19)24(22-17)15-6-3-5-14(21)11-15/h3-7,9,11-12,16H,2,8,10,13H2,1H3. The minimum atomic E-state index is -3.10. The van der Waals surface area contributed by atoms with E-state index < -0.39 is 9.84 Å². The molecular weight excluding hydrogens is 414 g/mol. The fraction of sp³-hybridized carbons (Fsp3) is 0.300. The zero-order valence-corrected chi connectivity index (χ0v) is 17.4. The Hall–Kier alpha value is -2.58. The summed E-state index contributed by atoms with van der Waals surface area (Å²) >= 11 is 6.13. The Kier molecular flexibility index (Phi) is 5.23. The average molecular weight is 434 g/mol. The molecule has 1 aliphatic heterocycles. The smallest absolute Gasteiger partial charge is 0.274 e. The second-order valence-corrected chi connectivity index (χ2v) is 9.60. The molecule has 0 saturated carbocycles. The molecule has 9 heteroatoms. The summed E-state index contributed by atoms with van der Waals surface area (Å²) < 4.78 is 30.9. The molecule has 0 spiro atoms. The highest BCUT2D eigenvalue weighted by molar-refractivity contribution is 7.91. The van der Waals surface area contributed by atoms with E-state index in [1.165, 1.54) is 0 Å². The summed E-state index contributed by atoms with van der Waals surface area (Å²) in [5.74, 6) is 0.356. The van der Waals surface area contributed by atoms with Crippen molar-refractivity contribution >= 4 is 27.3 Å². The second kappa shape index (κ2) is 7.68. The maximum absolute atomic E-state index is 13.2. The monoisotopic (exact) mass is 433 g/mol. The van der Waals surface area contributed by atoms with Crippen LogP contribution in [0.15, 0.2) is 53.1 Å². The fourth-order valence-corrected chi connectivity index (χ4v) is 5.54. The summed E-state index contributed by atoms with van der Waals surface area (Å²) in [4.78, 5) is 14.8. The molecule has 2 aromatic heterocycles. The molecule has 7 nitrogen and oxygen atoms in total. The van der Waals surface area contributed by atoms with Gasteiger partial charge in [-0.1, -0.05) is 17.7 Å². The molecule has 4 rings (SSSR count). The minimum absolute atomic E-state index is 0.00732. The zero-order valence-electron chi connectivity index (χ0n) is 15.8. The van der Waals surface area contributed by atoms with E-state index >= 15 is 0 Å². The van der Waals surface area contributed by atoms with E-state index in [1.807, 2.05) is 13.0 Å². The van der Waals surface area contributed by atoms with Gasteiger partial charge in [-0.15, -0.1) is 0 Å². The molecule has 1 fully saturated rings. The van der Waals surface area contributed by atoms with Crippen LogP contribution >= 0.6 is 11.6 Å². The Morgan fingerprint density at radius 3 is 2.76 bits per heavy atom. The van der Waals surface area contributed by atoms with Crippen molar-refractivity contribution in [2.45, 2.75) is 19.4 Å². The van der Waals surface area contributed by atoms with Crippen molar-refractivity contribution in [3.05, 3.63) is 59.4 Å². The van der Waals surface area contributed by atoms with Gasteiger partial charge in [0.15, 0.2) is 21.3 Å². The number of aromatic nitrogens is 2. The van der Waals surface area contributed by atoms with E-state index in [2.05, 4.69) is 5.10 Å². The van der Waals surface area contributed by atoms with Gasteiger partial charge in [0.2, 0.25) is 0 Å². The van der Waals surface area contributed by atoms with Gasteiger partial charge in [-0.25, -0.2) is 13.1 Å². The summed E-state index contributed by atoms with van der Waals surface area (Å²) in [6.45, 7) is 2.24. The molecule has 0 aliphatic carbocycles. The largest absolute Gasteiger partial charge is 0.463 e. The van der Waals surface area contributed by atoms with Crippen molar-refractivity contribution in [3.63, 3.8) is 0 Å². The molecule has 0 N–H and O–H groups in total. The first-order chi connectivity index (χ1) is 13.9. The van der Waals surface area contributed by atoms with E-state index in [0.717, 1.165) is 0 Å². The Morgan fingerprint density at radius 2 is 2.14 bits per heavy atom. The number of hydrogen-bond donors (Lipinski definition) is 0. The summed E-state index contributed by atoms with van der Waals surface area (Å²) in [5, 5.41) is 5.06. The van der Waals surface area contributed by atoms with Crippen LogP contribution < -0.4 is 0 Å². The van der Waals surface area contributed by atoms with Crippen LogP contribution in [0.3, 0.4) is 0 Å². The molecular formula is C20H20ClN3O4S. The van der Waals surface area contributed by atoms with Gasteiger partial charge in [-0.3, -0.25) is 4.79 Å². The lowest BCUT2D eigenvalue weighted by Crippen LogP contribution is -2.41. The van der Waals surface area contributed by atoms with Crippen molar-refractivity contribution in [3.8, 4) is 17.1 Å². The van der Waals surface area contributed by atoms with Gasteiger partial charge >= 0.3 is 0 Å². The molecule has 1 saturated heterocycles. The first kappa shape index (κ1) is 19.7. The highest BCUT2D eigenvalue weighted by Gasteiger charge is 2.35. The molecule has 1 amide bonds. The zero-order chi connectivity index (χ0) is 20.6. The first-order valence-corrected chi connectivity index (χ1v) is 11.5. The lowest BCUT2D eigenvalue weighted by Gasteiger charge is -2.25. The fourth-order valence-electron chi connectivity index (χ4n) is 3.63. The molecule has 1 aromatic carbocycles. The molecule has 1 unspecified atom stereocenters. The number of halogens is 1. The van der Waals surface area contributed by atoms with Gasteiger partial charge in [-0.2, -0.15) is 5.10 Å². The Bertz CT molecular complexity index is 1140. The van der Waals surface area contributed by atoms with Gasteiger partial charge in [0.05, 0.1) is 23.5 Å². The third-order valence-corrected chi connectivity index (χ3v) is 6.99. The molecule has 3 heterocycles. The third-order valence-electron chi connectivity index (χ3n) is 5.01. The molecule has 1 atom stereocenters. The maximum Gasteiger partial charge on any atom is 0.274 e. The van der Waals surface area contributed by atoms with Crippen LogP contribution in [0.25, 0.3) is 17.1 Å². The topological polar surface area (TPSA) is 85.4 Å². The summed E-state index contributed by atoms with van der Waals surface area (Å²) in [5.41, 5.74) is 1.52.